The van der Waals surface area contributed by atoms with E-state index in [1.165, 1.54) is 5.56 Å². The number of aromatic nitrogens is 3. The molecule has 27 heavy (non-hydrogen) atoms. The second-order valence-corrected chi connectivity index (χ2v) is 7.42. The first kappa shape index (κ1) is 18.1. The quantitative estimate of drug-likeness (QED) is 0.682. The van der Waals surface area contributed by atoms with Crippen molar-refractivity contribution in [2.75, 3.05) is 13.7 Å². The Morgan fingerprint density at radius 2 is 2.37 bits per heavy atom. The number of fused-ring (bicyclic) bond motifs is 2. The Balaban J connectivity index is 1.47. The van der Waals surface area contributed by atoms with Crippen molar-refractivity contribution in [3.05, 3.63) is 52.4 Å². The van der Waals surface area contributed by atoms with Crippen LogP contribution in [0.15, 0.2) is 30.6 Å². The topological polar surface area (TPSA) is 71.9 Å². The van der Waals surface area contributed by atoms with Gasteiger partial charge in [0.05, 0.1) is 31.3 Å². The van der Waals surface area contributed by atoms with Crippen LogP contribution in [0.5, 0.6) is 0 Å². The van der Waals surface area contributed by atoms with E-state index in [9.17, 15) is 4.79 Å². The molecule has 142 valence electrons. The Morgan fingerprint density at radius 1 is 1.48 bits per heavy atom. The number of aryl methyl sites for hydroxylation is 1. The number of hydrogen-bond acceptors (Lipinski definition) is 3. The van der Waals surface area contributed by atoms with Crippen LogP contribution in [0, 0.1) is 0 Å². The number of hydrogen-bond donors (Lipinski definition) is 2. The van der Waals surface area contributed by atoms with Gasteiger partial charge in [0, 0.05) is 35.4 Å². The maximum atomic E-state index is 12.7. The fourth-order valence-corrected chi connectivity index (χ4v) is 3.92. The Bertz CT molecular complexity index is 962. The number of methoxy groups -OCH3 is 1. The molecule has 1 atom stereocenters. The molecule has 2 heterocycles. The first-order chi connectivity index (χ1) is 13.1. The van der Waals surface area contributed by atoms with Crippen molar-refractivity contribution in [2.45, 2.75) is 38.3 Å². The second-order valence-electron chi connectivity index (χ2n) is 6.99. The van der Waals surface area contributed by atoms with Gasteiger partial charge in [0.2, 0.25) is 5.91 Å². The van der Waals surface area contributed by atoms with E-state index in [1.54, 1.807) is 7.11 Å². The molecule has 4 rings (SSSR count). The largest absolute Gasteiger partial charge is 0.383 e. The molecule has 0 radical (unpaired) electrons. The molecule has 1 unspecified atom stereocenters. The van der Waals surface area contributed by atoms with Gasteiger partial charge in [-0.1, -0.05) is 11.6 Å². The van der Waals surface area contributed by atoms with E-state index in [4.69, 9.17) is 16.3 Å². The number of ether oxygens (including phenoxy) is 1. The van der Waals surface area contributed by atoms with Crippen LogP contribution in [0.4, 0.5) is 0 Å². The zero-order valence-corrected chi connectivity index (χ0v) is 16.1. The van der Waals surface area contributed by atoms with Crippen molar-refractivity contribution >= 4 is 28.4 Å². The third-order valence-electron chi connectivity index (χ3n) is 5.08. The van der Waals surface area contributed by atoms with E-state index < -0.39 is 0 Å². The predicted molar refractivity (Wildman–Crippen MR) is 105 cm³/mol. The van der Waals surface area contributed by atoms with Gasteiger partial charge in [-0.15, -0.1) is 0 Å². The number of H-pyrrole nitrogens is 1. The molecule has 0 bridgehead atoms. The average molecular weight is 387 g/mol. The van der Waals surface area contributed by atoms with Gasteiger partial charge in [-0.25, -0.2) is 0 Å². The van der Waals surface area contributed by atoms with Gasteiger partial charge < -0.3 is 15.0 Å². The molecule has 0 saturated carbocycles. The molecule has 0 aliphatic heterocycles. The Labute approximate surface area is 162 Å². The Morgan fingerprint density at radius 3 is 3.22 bits per heavy atom. The Kier molecular flexibility index (Phi) is 5.18. The third-order valence-corrected chi connectivity index (χ3v) is 5.31. The van der Waals surface area contributed by atoms with Gasteiger partial charge >= 0.3 is 0 Å². The van der Waals surface area contributed by atoms with E-state index in [2.05, 4.69) is 21.6 Å². The van der Waals surface area contributed by atoms with Crippen LogP contribution in [-0.2, 0) is 28.9 Å². The zero-order chi connectivity index (χ0) is 18.8. The summed E-state index contributed by atoms with van der Waals surface area (Å²) >= 11 is 6.10. The van der Waals surface area contributed by atoms with E-state index in [0.717, 1.165) is 48.0 Å². The lowest BCUT2D eigenvalue weighted by atomic mass is 9.93. The zero-order valence-electron chi connectivity index (χ0n) is 15.3. The number of nitrogens with zero attached hydrogens (tertiary/aromatic N) is 2. The van der Waals surface area contributed by atoms with Crippen LogP contribution >= 0.6 is 11.6 Å². The van der Waals surface area contributed by atoms with Gasteiger partial charge in [0.25, 0.3) is 0 Å². The average Bonchev–Trinajstić information content (AvgIpc) is 3.24. The summed E-state index contributed by atoms with van der Waals surface area (Å²) in [5.74, 6) is 0.000155. The number of nitrogens with one attached hydrogen (secondary N) is 2. The highest BCUT2D eigenvalue weighted by Gasteiger charge is 2.25. The highest BCUT2D eigenvalue weighted by Crippen LogP contribution is 2.29. The maximum absolute atomic E-state index is 12.7. The summed E-state index contributed by atoms with van der Waals surface area (Å²) in [5, 5.41) is 9.51. The number of amides is 1. The van der Waals surface area contributed by atoms with Crippen molar-refractivity contribution in [3.8, 4) is 0 Å². The van der Waals surface area contributed by atoms with Crippen molar-refractivity contribution in [1.29, 1.82) is 0 Å². The maximum Gasteiger partial charge on any atom is 0.225 e. The van der Waals surface area contributed by atoms with Gasteiger partial charge in [-0.3, -0.25) is 9.48 Å². The van der Waals surface area contributed by atoms with Crippen molar-refractivity contribution in [3.63, 3.8) is 0 Å². The molecule has 0 fully saturated rings. The molecular weight excluding hydrogens is 364 g/mol. The lowest BCUT2D eigenvalue weighted by Gasteiger charge is -2.22. The van der Waals surface area contributed by atoms with Crippen LogP contribution < -0.4 is 5.32 Å². The van der Waals surface area contributed by atoms with Gasteiger partial charge in [-0.2, -0.15) is 5.10 Å². The van der Waals surface area contributed by atoms with E-state index >= 15 is 0 Å². The fourth-order valence-electron chi connectivity index (χ4n) is 3.75. The Hall–Kier alpha value is -2.31. The molecule has 1 aliphatic carbocycles. The number of carbonyl (C=O) groups is 1. The lowest BCUT2D eigenvalue weighted by molar-refractivity contribution is -0.121. The summed E-state index contributed by atoms with van der Waals surface area (Å²) in [6.45, 7) is 1.35. The summed E-state index contributed by atoms with van der Waals surface area (Å²) in [6.07, 6.45) is 7.25. The summed E-state index contributed by atoms with van der Waals surface area (Å²) in [5.41, 5.74) is 4.15. The lowest BCUT2D eigenvalue weighted by Crippen LogP contribution is -2.32. The number of benzene rings is 1. The van der Waals surface area contributed by atoms with E-state index in [1.807, 2.05) is 29.1 Å². The number of halogens is 1. The molecular formula is C20H23ClN4O2. The van der Waals surface area contributed by atoms with Crippen LogP contribution in [0.25, 0.3) is 10.9 Å². The number of aromatic amines is 1. The van der Waals surface area contributed by atoms with Crippen molar-refractivity contribution in [2.24, 2.45) is 0 Å². The van der Waals surface area contributed by atoms with Crippen LogP contribution in [-0.4, -0.2) is 34.4 Å². The molecule has 2 aromatic heterocycles. The van der Waals surface area contributed by atoms with Gasteiger partial charge in [-0.05, 0) is 48.6 Å². The minimum Gasteiger partial charge on any atom is -0.383 e. The van der Waals surface area contributed by atoms with Crippen molar-refractivity contribution < 1.29 is 9.53 Å². The molecule has 1 aliphatic rings. The predicted octanol–water partition coefficient (Wildman–Crippen LogP) is 3.40. The first-order valence-electron chi connectivity index (χ1n) is 9.24. The summed E-state index contributed by atoms with van der Waals surface area (Å²) in [4.78, 5) is 15.9. The number of rotatable bonds is 6. The smallest absolute Gasteiger partial charge is 0.225 e. The SMILES string of the molecule is COCCn1cc2c(n1)C(NC(=O)Cc1c[nH]c3ccc(Cl)cc13)CCC2. The summed E-state index contributed by atoms with van der Waals surface area (Å²) in [7, 11) is 1.68. The van der Waals surface area contributed by atoms with E-state index in [-0.39, 0.29) is 11.9 Å². The summed E-state index contributed by atoms with van der Waals surface area (Å²) < 4.78 is 7.05. The third kappa shape index (κ3) is 3.87. The van der Waals surface area contributed by atoms with Crippen molar-refractivity contribution in [1.82, 2.24) is 20.1 Å². The molecule has 0 spiro atoms. The van der Waals surface area contributed by atoms with Crippen LogP contribution in [0.2, 0.25) is 5.02 Å². The monoisotopic (exact) mass is 386 g/mol. The molecule has 6 nitrogen and oxygen atoms in total. The standard InChI is InChI=1S/C20H23ClN4O2/c1-27-8-7-25-12-13-3-2-4-18(20(13)24-25)23-19(26)9-14-11-22-17-6-5-15(21)10-16(14)17/h5-6,10-12,18,22H,2-4,7-9H2,1H3,(H,23,26). The minimum atomic E-state index is -0.0289. The van der Waals surface area contributed by atoms with Crippen LogP contribution in [0.1, 0.15) is 35.7 Å². The van der Waals surface area contributed by atoms with Gasteiger partial charge in [0.15, 0.2) is 0 Å². The molecule has 1 amide bonds. The minimum absolute atomic E-state index is 0.000155. The molecule has 7 heteroatoms. The molecule has 2 N–H and O–H groups in total. The highest BCUT2D eigenvalue weighted by molar-refractivity contribution is 6.31. The van der Waals surface area contributed by atoms with E-state index in [0.29, 0.717) is 18.1 Å². The van der Waals surface area contributed by atoms with Crippen LogP contribution in [0.3, 0.4) is 0 Å². The summed E-state index contributed by atoms with van der Waals surface area (Å²) in [6, 6.07) is 5.64. The molecule has 0 saturated heterocycles. The normalized spacial score (nSPS) is 16.4. The molecule has 3 aromatic rings. The first-order valence-corrected chi connectivity index (χ1v) is 9.62. The fraction of sp³-hybridized carbons (Fsp3) is 0.400. The highest BCUT2D eigenvalue weighted by atomic mass is 35.5. The van der Waals surface area contributed by atoms with Gasteiger partial charge in [0.1, 0.15) is 0 Å². The number of carbonyl (C=O) groups excluding carboxylic acids is 1. The molecule has 1 aromatic carbocycles. The second kappa shape index (κ2) is 7.74.